The van der Waals surface area contributed by atoms with E-state index in [0.29, 0.717) is 17.2 Å². The fourth-order valence-corrected chi connectivity index (χ4v) is 2.53. The van der Waals surface area contributed by atoms with Crippen molar-refractivity contribution in [1.29, 1.82) is 0 Å². The van der Waals surface area contributed by atoms with Crippen LogP contribution in [0.2, 0.25) is 0 Å². The van der Waals surface area contributed by atoms with Crippen LogP contribution in [0.4, 0.5) is 0 Å². The minimum Gasteiger partial charge on any atom is -0.496 e. The van der Waals surface area contributed by atoms with Gasteiger partial charge in [-0.3, -0.25) is 4.79 Å². The molecule has 0 unspecified atom stereocenters. The van der Waals surface area contributed by atoms with Crippen LogP contribution in [0, 0.1) is 5.92 Å². The molecule has 1 aromatic carbocycles. The lowest BCUT2D eigenvalue weighted by molar-refractivity contribution is 0.0742. The Morgan fingerprint density at radius 1 is 1.50 bits per heavy atom. The molecule has 4 heteroatoms. The number of carbonyl (C=O) groups is 1. The standard InChI is InChI=1S/C14H18BrNO2/c1-16(9-10-4-3-5-10)14(17)12-7-6-11(15)8-13(12)18-2/h6-8,10H,3-5,9H2,1-2H3. The third-order valence-electron chi connectivity index (χ3n) is 3.50. The van der Waals surface area contributed by atoms with E-state index in [9.17, 15) is 4.79 Å². The predicted molar refractivity (Wildman–Crippen MR) is 75.0 cm³/mol. The van der Waals surface area contributed by atoms with Crippen molar-refractivity contribution in [1.82, 2.24) is 4.90 Å². The molecule has 0 aliphatic heterocycles. The van der Waals surface area contributed by atoms with Gasteiger partial charge >= 0.3 is 0 Å². The molecule has 1 aliphatic carbocycles. The molecule has 18 heavy (non-hydrogen) atoms. The Labute approximate surface area is 116 Å². The van der Waals surface area contributed by atoms with Gasteiger partial charge in [0.2, 0.25) is 0 Å². The van der Waals surface area contributed by atoms with Crippen molar-refractivity contribution in [3.05, 3.63) is 28.2 Å². The molecule has 1 aromatic rings. The van der Waals surface area contributed by atoms with Gasteiger partial charge in [-0.2, -0.15) is 0 Å². The molecule has 1 saturated carbocycles. The summed E-state index contributed by atoms with van der Waals surface area (Å²) in [6.07, 6.45) is 3.79. The summed E-state index contributed by atoms with van der Waals surface area (Å²) in [5, 5.41) is 0. The molecule has 98 valence electrons. The maximum absolute atomic E-state index is 12.3. The summed E-state index contributed by atoms with van der Waals surface area (Å²) in [6.45, 7) is 0.845. The Balaban J connectivity index is 2.11. The molecule has 0 aromatic heterocycles. The Morgan fingerprint density at radius 3 is 2.78 bits per heavy atom. The Hall–Kier alpha value is -1.03. The first kappa shape index (κ1) is 13.4. The summed E-state index contributed by atoms with van der Waals surface area (Å²) in [7, 11) is 3.45. The molecule has 1 amide bonds. The van der Waals surface area contributed by atoms with Crippen molar-refractivity contribution in [3.63, 3.8) is 0 Å². The van der Waals surface area contributed by atoms with Crippen molar-refractivity contribution in [2.75, 3.05) is 20.7 Å². The summed E-state index contributed by atoms with van der Waals surface area (Å²) in [5.74, 6) is 1.33. The Kier molecular flexibility index (Phi) is 4.27. The predicted octanol–water partition coefficient (Wildman–Crippen LogP) is 3.33. The summed E-state index contributed by atoms with van der Waals surface area (Å²) < 4.78 is 6.18. The summed E-state index contributed by atoms with van der Waals surface area (Å²) in [6, 6.07) is 5.50. The van der Waals surface area contributed by atoms with Crippen LogP contribution in [-0.4, -0.2) is 31.5 Å². The number of carbonyl (C=O) groups excluding carboxylic acids is 1. The first-order chi connectivity index (χ1) is 8.61. The van der Waals surface area contributed by atoms with Gasteiger partial charge in [-0.25, -0.2) is 0 Å². The van der Waals surface area contributed by atoms with Crippen LogP contribution in [-0.2, 0) is 0 Å². The first-order valence-electron chi connectivity index (χ1n) is 6.21. The van der Waals surface area contributed by atoms with Gasteiger partial charge in [0.05, 0.1) is 12.7 Å². The smallest absolute Gasteiger partial charge is 0.257 e. The van der Waals surface area contributed by atoms with Crippen LogP contribution < -0.4 is 4.74 Å². The van der Waals surface area contributed by atoms with Crippen molar-refractivity contribution in [2.24, 2.45) is 5.92 Å². The number of nitrogens with zero attached hydrogens (tertiary/aromatic N) is 1. The fourth-order valence-electron chi connectivity index (χ4n) is 2.19. The zero-order valence-corrected chi connectivity index (χ0v) is 12.4. The molecule has 0 heterocycles. The van der Waals surface area contributed by atoms with Crippen molar-refractivity contribution in [2.45, 2.75) is 19.3 Å². The zero-order valence-electron chi connectivity index (χ0n) is 10.8. The molecule has 1 aliphatic rings. The number of ether oxygens (including phenoxy) is 1. The van der Waals surface area contributed by atoms with Crippen LogP contribution in [0.1, 0.15) is 29.6 Å². The molecular weight excluding hydrogens is 294 g/mol. The third-order valence-corrected chi connectivity index (χ3v) is 3.99. The third kappa shape index (κ3) is 2.86. The van der Waals surface area contributed by atoms with E-state index in [-0.39, 0.29) is 5.91 Å². The van der Waals surface area contributed by atoms with E-state index in [1.54, 1.807) is 12.0 Å². The second-order valence-corrected chi connectivity index (χ2v) is 5.74. The van der Waals surface area contributed by atoms with Crippen LogP contribution in [0.5, 0.6) is 5.75 Å². The lowest BCUT2D eigenvalue weighted by atomic mass is 9.85. The van der Waals surface area contributed by atoms with Gasteiger partial charge in [0, 0.05) is 18.1 Å². The van der Waals surface area contributed by atoms with Crippen molar-refractivity contribution >= 4 is 21.8 Å². The van der Waals surface area contributed by atoms with E-state index in [1.165, 1.54) is 19.3 Å². The van der Waals surface area contributed by atoms with Gasteiger partial charge in [0.25, 0.3) is 5.91 Å². The average Bonchev–Trinajstić information content (AvgIpc) is 2.32. The Bertz CT molecular complexity index is 443. The number of methoxy groups -OCH3 is 1. The number of halogens is 1. The summed E-state index contributed by atoms with van der Waals surface area (Å²) >= 11 is 3.38. The van der Waals surface area contributed by atoms with E-state index < -0.39 is 0 Å². The summed E-state index contributed by atoms with van der Waals surface area (Å²) in [5.41, 5.74) is 0.627. The molecule has 0 spiro atoms. The normalized spacial score (nSPS) is 15.1. The Morgan fingerprint density at radius 2 is 2.22 bits per heavy atom. The van der Waals surface area contributed by atoms with Gasteiger partial charge < -0.3 is 9.64 Å². The molecule has 1 fully saturated rings. The van der Waals surface area contributed by atoms with E-state index in [4.69, 9.17) is 4.74 Å². The van der Waals surface area contributed by atoms with Gasteiger partial charge in [-0.15, -0.1) is 0 Å². The van der Waals surface area contributed by atoms with E-state index in [0.717, 1.165) is 11.0 Å². The van der Waals surface area contributed by atoms with Gasteiger partial charge in [-0.1, -0.05) is 22.4 Å². The van der Waals surface area contributed by atoms with Gasteiger partial charge in [0.15, 0.2) is 0 Å². The highest BCUT2D eigenvalue weighted by Crippen LogP contribution is 2.28. The number of rotatable bonds is 4. The molecule has 0 saturated heterocycles. The van der Waals surface area contributed by atoms with Gasteiger partial charge in [0.1, 0.15) is 5.75 Å². The molecule has 2 rings (SSSR count). The largest absolute Gasteiger partial charge is 0.496 e. The second-order valence-electron chi connectivity index (χ2n) is 4.83. The number of benzene rings is 1. The minimum absolute atomic E-state index is 0.0336. The zero-order chi connectivity index (χ0) is 13.1. The molecule has 0 bridgehead atoms. The first-order valence-corrected chi connectivity index (χ1v) is 7.00. The van der Waals surface area contributed by atoms with Crippen LogP contribution in [0.3, 0.4) is 0 Å². The van der Waals surface area contributed by atoms with E-state index >= 15 is 0 Å². The maximum Gasteiger partial charge on any atom is 0.257 e. The highest BCUT2D eigenvalue weighted by atomic mass is 79.9. The van der Waals surface area contributed by atoms with E-state index in [1.807, 2.05) is 25.2 Å². The lowest BCUT2D eigenvalue weighted by Crippen LogP contribution is -2.34. The highest BCUT2D eigenvalue weighted by Gasteiger charge is 2.23. The fraction of sp³-hybridized carbons (Fsp3) is 0.500. The summed E-state index contributed by atoms with van der Waals surface area (Å²) in [4.78, 5) is 14.1. The molecule has 0 radical (unpaired) electrons. The quantitative estimate of drug-likeness (QED) is 0.853. The number of amides is 1. The van der Waals surface area contributed by atoms with Crippen LogP contribution in [0.15, 0.2) is 22.7 Å². The highest BCUT2D eigenvalue weighted by molar-refractivity contribution is 9.10. The average molecular weight is 312 g/mol. The number of hydrogen-bond donors (Lipinski definition) is 0. The minimum atomic E-state index is 0.0336. The maximum atomic E-state index is 12.3. The lowest BCUT2D eigenvalue weighted by Gasteiger charge is -2.30. The SMILES string of the molecule is COc1cc(Br)ccc1C(=O)N(C)CC1CCC1. The van der Waals surface area contributed by atoms with Gasteiger partial charge in [-0.05, 0) is 37.0 Å². The van der Waals surface area contributed by atoms with Crippen LogP contribution >= 0.6 is 15.9 Å². The monoisotopic (exact) mass is 311 g/mol. The van der Waals surface area contributed by atoms with E-state index in [2.05, 4.69) is 15.9 Å². The second kappa shape index (κ2) is 5.74. The van der Waals surface area contributed by atoms with Crippen molar-refractivity contribution < 1.29 is 9.53 Å². The molecule has 3 nitrogen and oxygen atoms in total. The van der Waals surface area contributed by atoms with Crippen molar-refractivity contribution in [3.8, 4) is 5.75 Å². The molecular formula is C14H18BrNO2. The number of hydrogen-bond acceptors (Lipinski definition) is 2. The molecule has 0 atom stereocenters. The van der Waals surface area contributed by atoms with Crippen LogP contribution in [0.25, 0.3) is 0 Å². The topological polar surface area (TPSA) is 29.5 Å². The molecule has 0 N–H and O–H groups in total.